The van der Waals surface area contributed by atoms with Crippen molar-refractivity contribution in [3.05, 3.63) is 77.3 Å². The highest BCUT2D eigenvalue weighted by molar-refractivity contribution is 5.90. The Balaban J connectivity index is 1.86. The average molecular weight is 361 g/mol. The van der Waals surface area contributed by atoms with E-state index in [4.69, 9.17) is 4.42 Å². The first-order chi connectivity index (χ1) is 12.3. The lowest BCUT2D eigenvalue weighted by Crippen LogP contribution is -2.03. The third-order valence-corrected chi connectivity index (χ3v) is 3.93. The van der Waals surface area contributed by atoms with Gasteiger partial charge in [0.05, 0.1) is 5.56 Å². The molecule has 0 unspecified atom stereocenters. The van der Waals surface area contributed by atoms with E-state index in [1.54, 1.807) is 12.4 Å². The lowest BCUT2D eigenvalue weighted by atomic mass is 10.1. The molecule has 1 N–H and O–H groups in total. The Labute approximate surface area is 146 Å². The molecule has 0 saturated heterocycles. The predicted octanol–water partition coefficient (Wildman–Crippen LogP) is 4.84. The molecule has 1 aromatic carbocycles. The zero-order valence-electron chi connectivity index (χ0n) is 13.5. The molecule has 0 aliphatic heterocycles. The number of aryl methyl sites for hydroxylation is 2. The second-order valence-electron chi connectivity index (χ2n) is 5.68. The molecule has 0 radical (unpaired) electrons. The Morgan fingerprint density at radius 2 is 1.69 bits per heavy atom. The van der Waals surface area contributed by atoms with Crippen LogP contribution in [0.3, 0.4) is 0 Å². The van der Waals surface area contributed by atoms with E-state index in [1.807, 2.05) is 12.1 Å². The fraction of sp³-hybridized carbons (Fsp3) is 0.158. The number of alkyl halides is 3. The monoisotopic (exact) mass is 361 g/mol. The third kappa shape index (κ3) is 3.93. The number of carboxylic acid groups (broad SMARTS) is 1. The number of hydrogen-bond donors (Lipinski definition) is 1. The van der Waals surface area contributed by atoms with Gasteiger partial charge in [0.1, 0.15) is 17.1 Å². The van der Waals surface area contributed by atoms with Crippen molar-refractivity contribution < 1.29 is 27.5 Å². The van der Waals surface area contributed by atoms with Crippen molar-refractivity contribution in [1.82, 2.24) is 4.98 Å². The zero-order chi connectivity index (χ0) is 18.7. The van der Waals surface area contributed by atoms with Gasteiger partial charge in [0.2, 0.25) is 0 Å². The minimum absolute atomic E-state index is 0.00829. The van der Waals surface area contributed by atoms with Crippen molar-refractivity contribution in [2.24, 2.45) is 0 Å². The standard InChI is InChI=1S/C19H14F3NO3/c20-19(21,22)14-4-2-13(3-5-14)17-11-15(18(24)25)16(26-17)6-1-12-7-9-23-10-8-12/h2-5,7-11H,1,6H2,(H,24,25). The lowest BCUT2D eigenvalue weighted by molar-refractivity contribution is -0.137. The Bertz CT molecular complexity index is 900. The summed E-state index contributed by atoms with van der Waals surface area (Å²) >= 11 is 0. The summed E-state index contributed by atoms with van der Waals surface area (Å²) in [4.78, 5) is 15.4. The van der Waals surface area contributed by atoms with Gasteiger partial charge in [-0.3, -0.25) is 4.98 Å². The number of carboxylic acids is 1. The van der Waals surface area contributed by atoms with Gasteiger partial charge in [-0.05, 0) is 42.3 Å². The molecule has 0 spiro atoms. The van der Waals surface area contributed by atoms with Crippen LogP contribution in [0.15, 0.2) is 59.3 Å². The van der Waals surface area contributed by atoms with Gasteiger partial charge in [0, 0.05) is 24.4 Å². The van der Waals surface area contributed by atoms with E-state index in [0.29, 0.717) is 18.4 Å². The largest absolute Gasteiger partial charge is 0.478 e. The fourth-order valence-electron chi connectivity index (χ4n) is 2.57. The van der Waals surface area contributed by atoms with Crippen molar-refractivity contribution in [2.75, 3.05) is 0 Å². The van der Waals surface area contributed by atoms with Crippen LogP contribution in [0.5, 0.6) is 0 Å². The van der Waals surface area contributed by atoms with Crippen LogP contribution in [0.25, 0.3) is 11.3 Å². The number of pyridine rings is 1. The van der Waals surface area contributed by atoms with Crippen LogP contribution in [0, 0.1) is 0 Å². The fourth-order valence-corrected chi connectivity index (χ4v) is 2.57. The molecule has 26 heavy (non-hydrogen) atoms. The Kier molecular flexibility index (Phi) is 4.79. The minimum atomic E-state index is -4.43. The summed E-state index contributed by atoms with van der Waals surface area (Å²) in [6, 6.07) is 9.39. The molecule has 0 fully saturated rings. The van der Waals surface area contributed by atoms with Crippen LogP contribution in [0.4, 0.5) is 13.2 Å². The van der Waals surface area contributed by atoms with Crippen LogP contribution in [0.1, 0.15) is 27.2 Å². The molecule has 0 bridgehead atoms. The summed E-state index contributed by atoms with van der Waals surface area (Å²) < 4.78 is 43.6. The van der Waals surface area contributed by atoms with Crippen LogP contribution >= 0.6 is 0 Å². The van der Waals surface area contributed by atoms with E-state index in [0.717, 1.165) is 17.7 Å². The first-order valence-corrected chi connectivity index (χ1v) is 7.77. The summed E-state index contributed by atoms with van der Waals surface area (Å²) in [5, 5.41) is 9.36. The van der Waals surface area contributed by atoms with E-state index in [2.05, 4.69) is 4.98 Å². The molecule has 4 nitrogen and oxygen atoms in total. The van der Waals surface area contributed by atoms with Crippen LogP contribution < -0.4 is 0 Å². The number of hydrogen-bond acceptors (Lipinski definition) is 3. The zero-order valence-corrected chi connectivity index (χ0v) is 13.5. The van der Waals surface area contributed by atoms with Crippen LogP contribution in [0.2, 0.25) is 0 Å². The van der Waals surface area contributed by atoms with Gasteiger partial charge in [0.25, 0.3) is 0 Å². The SMILES string of the molecule is O=C(O)c1cc(-c2ccc(C(F)(F)F)cc2)oc1CCc1ccncc1. The maximum atomic E-state index is 12.7. The molecular formula is C19H14F3NO3. The maximum absolute atomic E-state index is 12.7. The smallest absolute Gasteiger partial charge is 0.416 e. The summed E-state index contributed by atoms with van der Waals surface area (Å²) in [6.45, 7) is 0. The molecule has 2 heterocycles. The number of aromatic carboxylic acids is 1. The molecule has 0 saturated carbocycles. The van der Waals surface area contributed by atoms with Crippen LogP contribution in [-0.2, 0) is 19.0 Å². The molecule has 0 aliphatic rings. The van der Waals surface area contributed by atoms with Gasteiger partial charge in [0.15, 0.2) is 0 Å². The molecule has 7 heteroatoms. The Morgan fingerprint density at radius 3 is 2.27 bits per heavy atom. The molecule has 3 aromatic rings. The van der Waals surface area contributed by atoms with Gasteiger partial charge < -0.3 is 9.52 Å². The van der Waals surface area contributed by atoms with Crippen molar-refractivity contribution in [1.29, 1.82) is 0 Å². The summed E-state index contributed by atoms with van der Waals surface area (Å²) in [7, 11) is 0. The molecule has 0 aliphatic carbocycles. The van der Waals surface area contributed by atoms with Crippen molar-refractivity contribution in [3.63, 3.8) is 0 Å². The first kappa shape index (κ1) is 17.7. The Morgan fingerprint density at radius 1 is 1.04 bits per heavy atom. The average Bonchev–Trinajstić information content (AvgIpc) is 3.05. The number of nitrogens with zero attached hydrogens (tertiary/aromatic N) is 1. The highest BCUT2D eigenvalue weighted by atomic mass is 19.4. The summed E-state index contributed by atoms with van der Waals surface area (Å²) in [6.07, 6.45) is -0.231. The highest BCUT2D eigenvalue weighted by Crippen LogP contribution is 2.32. The van der Waals surface area contributed by atoms with Gasteiger partial charge in [-0.1, -0.05) is 12.1 Å². The second kappa shape index (κ2) is 7.03. The number of halogens is 3. The Hall–Kier alpha value is -3.09. The van der Waals surface area contributed by atoms with E-state index >= 15 is 0 Å². The molecule has 134 valence electrons. The predicted molar refractivity (Wildman–Crippen MR) is 87.8 cm³/mol. The first-order valence-electron chi connectivity index (χ1n) is 7.77. The molecule has 0 atom stereocenters. The summed E-state index contributed by atoms with van der Waals surface area (Å²) in [5.41, 5.74) is 0.595. The number of furan rings is 1. The van der Waals surface area contributed by atoms with Crippen molar-refractivity contribution in [2.45, 2.75) is 19.0 Å². The van der Waals surface area contributed by atoms with E-state index in [9.17, 15) is 23.1 Å². The van der Waals surface area contributed by atoms with Gasteiger partial charge >= 0.3 is 12.1 Å². The topological polar surface area (TPSA) is 63.3 Å². The van der Waals surface area contributed by atoms with Crippen LogP contribution in [-0.4, -0.2) is 16.1 Å². The van der Waals surface area contributed by atoms with Gasteiger partial charge in [-0.15, -0.1) is 0 Å². The molecule has 2 aromatic heterocycles. The lowest BCUT2D eigenvalue weighted by Gasteiger charge is -2.06. The maximum Gasteiger partial charge on any atom is 0.416 e. The van der Waals surface area contributed by atoms with E-state index in [1.165, 1.54) is 18.2 Å². The molecular weight excluding hydrogens is 347 g/mol. The second-order valence-corrected chi connectivity index (χ2v) is 5.68. The summed E-state index contributed by atoms with van der Waals surface area (Å²) in [5.74, 6) is -0.637. The normalized spacial score (nSPS) is 11.5. The molecule has 0 amide bonds. The van der Waals surface area contributed by atoms with E-state index < -0.39 is 17.7 Å². The van der Waals surface area contributed by atoms with Gasteiger partial charge in [-0.2, -0.15) is 13.2 Å². The molecule has 3 rings (SSSR count). The number of aromatic nitrogens is 1. The quantitative estimate of drug-likeness (QED) is 0.706. The van der Waals surface area contributed by atoms with Crippen molar-refractivity contribution in [3.8, 4) is 11.3 Å². The number of rotatable bonds is 5. The minimum Gasteiger partial charge on any atom is -0.478 e. The van der Waals surface area contributed by atoms with Crippen molar-refractivity contribution >= 4 is 5.97 Å². The third-order valence-electron chi connectivity index (χ3n) is 3.93. The van der Waals surface area contributed by atoms with E-state index in [-0.39, 0.29) is 17.1 Å². The highest BCUT2D eigenvalue weighted by Gasteiger charge is 2.30. The number of carbonyl (C=O) groups is 1. The van der Waals surface area contributed by atoms with Gasteiger partial charge in [-0.25, -0.2) is 4.79 Å². The number of benzene rings is 1.